The van der Waals surface area contributed by atoms with Crippen LogP contribution in [0.5, 0.6) is 0 Å². The molecular formula is C22H30N5O4+. The van der Waals surface area contributed by atoms with Gasteiger partial charge in [-0.1, -0.05) is 12.1 Å². The second-order valence-electron chi connectivity index (χ2n) is 9.04. The van der Waals surface area contributed by atoms with Gasteiger partial charge in [-0.2, -0.15) is 9.48 Å². The van der Waals surface area contributed by atoms with E-state index in [0.717, 1.165) is 0 Å². The summed E-state index contributed by atoms with van der Waals surface area (Å²) >= 11 is 0. The number of benzene rings is 1. The molecule has 4 amide bonds. The minimum atomic E-state index is -0.531. The van der Waals surface area contributed by atoms with Crippen LogP contribution in [0.15, 0.2) is 35.5 Å². The zero-order chi connectivity index (χ0) is 22.8. The van der Waals surface area contributed by atoms with E-state index in [1.165, 1.54) is 0 Å². The largest absolute Gasteiger partial charge is 0.444 e. The number of urea groups is 1. The van der Waals surface area contributed by atoms with Gasteiger partial charge in [0.25, 0.3) is 0 Å². The van der Waals surface area contributed by atoms with Crippen molar-refractivity contribution in [3.05, 3.63) is 41.6 Å². The molecule has 1 unspecified atom stereocenters. The number of piperidine rings is 1. The maximum Gasteiger partial charge on any atom is 0.427 e. The highest BCUT2D eigenvalue weighted by Crippen LogP contribution is 2.25. The number of hydrogen-bond acceptors (Lipinski definition) is 5. The van der Waals surface area contributed by atoms with Crippen LogP contribution in [0.4, 0.5) is 9.59 Å². The monoisotopic (exact) mass is 428 g/mol. The molecule has 0 aliphatic carbocycles. The molecule has 0 aromatic heterocycles. The van der Waals surface area contributed by atoms with Gasteiger partial charge in [-0.3, -0.25) is 4.79 Å². The molecule has 0 spiro atoms. The lowest BCUT2D eigenvalue weighted by Gasteiger charge is -2.34. The van der Waals surface area contributed by atoms with Crippen LogP contribution in [0.2, 0.25) is 0 Å². The molecule has 1 atom stereocenters. The van der Waals surface area contributed by atoms with E-state index in [4.69, 9.17) is 10.5 Å². The topological polar surface area (TPSA) is 114 Å². The Hall–Kier alpha value is -3.20. The number of primary amides is 1. The molecule has 3 N–H and O–H groups in total. The van der Waals surface area contributed by atoms with Gasteiger partial charge in [0.1, 0.15) is 17.5 Å². The van der Waals surface area contributed by atoms with Gasteiger partial charge >= 0.3 is 12.1 Å². The lowest BCUT2D eigenvalue weighted by atomic mass is 10.1. The fourth-order valence-corrected chi connectivity index (χ4v) is 3.44. The minimum absolute atomic E-state index is 0.0369. The van der Waals surface area contributed by atoms with Crippen LogP contribution in [-0.2, 0) is 4.74 Å². The van der Waals surface area contributed by atoms with Crippen molar-refractivity contribution in [2.24, 2.45) is 10.7 Å². The van der Waals surface area contributed by atoms with Crippen molar-refractivity contribution in [1.29, 1.82) is 0 Å². The maximum atomic E-state index is 12.9. The molecular weight excluding hydrogens is 398 g/mol. The van der Waals surface area contributed by atoms with Crippen LogP contribution in [0.1, 0.15) is 49.5 Å². The molecule has 1 fully saturated rings. The van der Waals surface area contributed by atoms with E-state index in [-0.39, 0.29) is 22.6 Å². The summed E-state index contributed by atoms with van der Waals surface area (Å²) in [5.74, 6) is -0.517. The van der Waals surface area contributed by atoms with Crippen LogP contribution in [0, 0.1) is 0 Å². The first-order chi connectivity index (χ1) is 14.5. The first kappa shape index (κ1) is 22.5. The molecule has 31 heavy (non-hydrogen) atoms. The fourth-order valence-electron chi connectivity index (χ4n) is 3.44. The highest BCUT2D eigenvalue weighted by Gasteiger charge is 2.36. The number of ether oxygens (including phenoxy) is 1. The smallest absolute Gasteiger partial charge is 0.427 e. The molecule has 166 valence electrons. The SMILES string of the molecule is CC(C)(C)OC(=O)N1CCC(NC(=O)[N+]2(C)C=NC(c3cccc(C(N)=O)c3)=C2)CC1. The number of aliphatic imine (C=N–C) groups is 1. The summed E-state index contributed by atoms with van der Waals surface area (Å²) in [5.41, 5.74) is 6.52. The molecule has 1 aromatic carbocycles. The summed E-state index contributed by atoms with van der Waals surface area (Å²) in [6.45, 7) is 6.57. The van der Waals surface area contributed by atoms with Crippen LogP contribution in [-0.4, -0.2) is 65.5 Å². The van der Waals surface area contributed by atoms with E-state index in [2.05, 4.69) is 10.3 Å². The molecule has 1 aromatic rings. The summed E-state index contributed by atoms with van der Waals surface area (Å²) < 4.78 is 5.27. The van der Waals surface area contributed by atoms with Gasteiger partial charge in [0, 0.05) is 30.3 Å². The molecule has 9 nitrogen and oxygen atoms in total. The quantitative estimate of drug-likeness (QED) is 0.721. The van der Waals surface area contributed by atoms with E-state index in [1.807, 2.05) is 26.8 Å². The molecule has 2 heterocycles. The number of carbonyl (C=O) groups excluding carboxylic acids is 3. The maximum absolute atomic E-state index is 12.9. The van der Waals surface area contributed by atoms with Crippen molar-refractivity contribution in [3.8, 4) is 0 Å². The van der Waals surface area contributed by atoms with E-state index < -0.39 is 11.5 Å². The van der Waals surface area contributed by atoms with Gasteiger partial charge < -0.3 is 20.7 Å². The predicted molar refractivity (Wildman–Crippen MR) is 117 cm³/mol. The second kappa shape index (κ2) is 8.50. The first-order valence-electron chi connectivity index (χ1n) is 10.3. The van der Waals surface area contributed by atoms with Crippen molar-refractivity contribution in [2.45, 2.75) is 45.3 Å². The Morgan fingerprint density at radius 2 is 1.90 bits per heavy atom. The van der Waals surface area contributed by atoms with Gasteiger partial charge in [-0.15, -0.1) is 0 Å². The average molecular weight is 429 g/mol. The third kappa shape index (κ3) is 5.49. The Bertz CT molecular complexity index is 941. The number of hydrogen-bond donors (Lipinski definition) is 2. The number of amides is 4. The number of nitrogens with zero attached hydrogens (tertiary/aromatic N) is 3. The summed E-state index contributed by atoms with van der Waals surface area (Å²) in [7, 11) is 1.74. The third-order valence-electron chi connectivity index (χ3n) is 5.18. The second-order valence-corrected chi connectivity index (χ2v) is 9.04. The first-order valence-corrected chi connectivity index (χ1v) is 10.3. The number of quaternary nitrogens is 1. The molecule has 0 bridgehead atoms. The number of nitrogens with two attached hydrogens (primary N) is 1. The van der Waals surface area contributed by atoms with E-state index in [9.17, 15) is 14.4 Å². The molecule has 0 saturated carbocycles. The zero-order valence-electron chi connectivity index (χ0n) is 18.4. The lowest BCUT2D eigenvalue weighted by molar-refractivity contribution is -0.665. The van der Waals surface area contributed by atoms with Gasteiger partial charge in [-0.25, -0.2) is 9.59 Å². The van der Waals surface area contributed by atoms with E-state index in [1.54, 1.807) is 42.7 Å². The molecule has 1 saturated heterocycles. The molecule has 2 aliphatic rings. The normalized spacial score (nSPS) is 21.5. The van der Waals surface area contributed by atoms with E-state index in [0.29, 0.717) is 42.8 Å². The van der Waals surface area contributed by atoms with Crippen LogP contribution in [0.3, 0.4) is 0 Å². The standard InChI is InChI=1S/C22H29N5O4/c1-22(2,3)31-21(30)26-10-8-17(9-11-26)25-20(29)27(4)13-18(24-14-27)15-6-5-7-16(12-15)19(23)28/h5-7,12-14,17H,8-11H2,1-4H3,(H2-,23,25,28,29)/p+1. The van der Waals surface area contributed by atoms with Crippen molar-refractivity contribution in [3.63, 3.8) is 0 Å². The van der Waals surface area contributed by atoms with Crippen molar-refractivity contribution >= 4 is 30.1 Å². The van der Waals surface area contributed by atoms with Crippen LogP contribution >= 0.6 is 0 Å². The summed E-state index contributed by atoms with van der Waals surface area (Å²) in [6, 6.07) is 6.59. The Kier molecular flexibility index (Phi) is 6.17. The molecule has 9 heteroatoms. The summed E-state index contributed by atoms with van der Waals surface area (Å²) in [4.78, 5) is 42.6. The van der Waals surface area contributed by atoms with Gasteiger partial charge in [-0.05, 0) is 45.7 Å². The number of likely N-dealkylation sites (tertiary alicyclic amines) is 1. The predicted octanol–water partition coefficient (Wildman–Crippen LogP) is 2.68. The van der Waals surface area contributed by atoms with Crippen LogP contribution < -0.4 is 11.1 Å². The zero-order valence-corrected chi connectivity index (χ0v) is 18.4. The number of rotatable bonds is 3. The summed E-state index contributed by atoms with van der Waals surface area (Å²) in [6.07, 6.45) is 4.26. The number of carbonyl (C=O) groups is 3. The van der Waals surface area contributed by atoms with Crippen molar-refractivity contribution in [2.75, 3.05) is 20.1 Å². The summed E-state index contributed by atoms with van der Waals surface area (Å²) in [5, 5.41) is 3.06. The molecule has 2 aliphatic heterocycles. The molecule has 3 rings (SSSR count). The Labute approximate surface area is 182 Å². The lowest BCUT2D eigenvalue weighted by Crippen LogP contribution is -2.54. The Morgan fingerprint density at radius 1 is 1.23 bits per heavy atom. The van der Waals surface area contributed by atoms with Gasteiger partial charge in [0.2, 0.25) is 12.2 Å². The highest BCUT2D eigenvalue weighted by atomic mass is 16.6. The average Bonchev–Trinajstić information content (AvgIpc) is 3.11. The van der Waals surface area contributed by atoms with Crippen LogP contribution in [0.25, 0.3) is 5.70 Å². The Balaban J connectivity index is 1.59. The van der Waals surface area contributed by atoms with Gasteiger partial charge in [0.05, 0.1) is 7.05 Å². The van der Waals surface area contributed by atoms with Gasteiger partial charge in [0.15, 0.2) is 0 Å². The molecule has 0 radical (unpaired) electrons. The minimum Gasteiger partial charge on any atom is -0.444 e. The fraction of sp³-hybridized carbons (Fsp3) is 0.455. The number of nitrogens with one attached hydrogen (secondary N) is 1. The van der Waals surface area contributed by atoms with E-state index >= 15 is 0 Å². The highest BCUT2D eigenvalue weighted by molar-refractivity contribution is 5.94. The third-order valence-corrected chi connectivity index (χ3v) is 5.18. The van der Waals surface area contributed by atoms with Crippen molar-refractivity contribution in [1.82, 2.24) is 10.2 Å². The Morgan fingerprint density at radius 3 is 2.52 bits per heavy atom. The van der Waals surface area contributed by atoms with Crippen molar-refractivity contribution < 1.29 is 23.6 Å².